The predicted molar refractivity (Wildman–Crippen MR) is 77.9 cm³/mol. The Kier molecular flexibility index (Phi) is 7.83. The molecule has 0 spiro atoms. The van der Waals surface area contributed by atoms with Crippen LogP contribution in [0.15, 0.2) is 0 Å². The van der Waals surface area contributed by atoms with Gasteiger partial charge in [0.05, 0.1) is 6.04 Å². The average molecular weight is 278 g/mol. The maximum absolute atomic E-state index is 11.9. The predicted octanol–water partition coefficient (Wildman–Crippen LogP) is 1.38. The van der Waals surface area contributed by atoms with Gasteiger partial charge in [-0.15, -0.1) is 12.4 Å². The quantitative estimate of drug-likeness (QED) is 0.816. The summed E-state index contributed by atoms with van der Waals surface area (Å²) in [4.78, 5) is 14.1. The second-order valence-electron chi connectivity index (χ2n) is 5.76. The number of nitrogens with zero attached hydrogens (tertiary/aromatic N) is 1. The summed E-state index contributed by atoms with van der Waals surface area (Å²) >= 11 is 0. The van der Waals surface area contributed by atoms with E-state index in [-0.39, 0.29) is 30.3 Å². The topological polar surface area (TPSA) is 58.4 Å². The first kappa shape index (κ1) is 17.7. The van der Waals surface area contributed by atoms with Crippen molar-refractivity contribution < 1.29 is 4.79 Å². The number of amides is 1. The Morgan fingerprint density at radius 2 is 1.94 bits per heavy atom. The van der Waals surface area contributed by atoms with Crippen molar-refractivity contribution in [3.8, 4) is 0 Å². The number of rotatable bonds is 4. The van der Waals surface area contributed by atoms with Crippen molar-refractivity contribution in [2.45, 2.75) is 57.7 Å². The van der Waals surface area contributed by atoms with E-state index in [1.54, 1.807) is 0 Å². The van der Waals surface area contributed by atoms with Gasteiger partial charge in [-0.25, -0.2) is 0 Å². The number of halogens is 1. The highest BCUT2D eigenvalue weighted by Crippen LogP contribution is 2.21. The molecule has 0 aromatic rings. The maximum Gasteiger partial charge on any atom is 0.237 e. The van der Waals surface area contributed by atoms with Gasteiger partial charge in [0.1, 0.15) is 0 Å². The molecule has 2 unspecified atom stereocenters. The van der Waals surface area contributed by atoms with E-state index in [2.05, 4.69) is 24.3 Å². The van der Waals surface area contributed by atoms with Gasteiger partial charge in [0.25, 0.3) is 0 Å². The van der Waals surface area contributed by atoms with Crippen LogP contribution in [0.25, 0.3) is 0 Å². The average Bonchev–Trinajstić information content (AvgIpc) is 2.28. The molecule has 1 saturated carbocycles. The third-order valence-electron chi connectivity index (χ3n) is 3.74. The van der Waals surface area contributed by atoms with E-state index in [0.717, 1.165) is 12.8 Å². The Labute approximate surface area is 117 Å². The summed E-state index contributed by atoms with van der Waals surface area (Å²) in [7, 11) is 4.21. The van der Waals surface area contributed by atoms with Crippen molar-refractivity contribution in [3.63, 3.8) is 0 Å². The summed E-state index contributed by atoms with van der Waals surface area (Å²) in [5.74, 6) is 0.202. The van der Waals surface area contributed by atoms with Crippen molar-refractivity contribution in [2.24, 2.45) is 11.7 Å². The molecule has 1 fully saturated rings. The molecule has 1 aliphatic carbocycles. The smallest absolute Gasteiger partial charge is 0.237 e. The fourth-order valence-electron chi connectivity index (χ4n) is 2.36. The van der Waals surface area contributed by atoms with E-state index in [4.69, 9.17) is 5.73 Å². The molecule has 0 aliphatic heterocycles. The summed E-state index contributed by atoms with van der Waals surface area (Å²) in [5, 5.41) is 3.09. The molecule has 0 bridgehead atoms. The molecular weight excluding hydrogens is 250 g/mol. The molecule has 18 heavy (non-hydrogen) atoms. The van der Waals surface area contributed by atoms with Crippen LogP contribution in [-0.2, 0) is 4.79 Å². The Bertz CT molecular complexity index is 259. The standard InChI is InChI=1S/C13H27N3O.ClH/c1-9(2)12(14)13(17)15-10-6-5-7-11(8-10)16(3)4;/h9-12H,5-8,14H2,1-4H3,(H,15,17);1H/t10?,11?,12-;/m0./s1. The van der Waals surface area contributed by atoms with E-state index in [1.807, 2.05) is 13.8 Å². The van der Waals surface area contributed by atoms with Crippen molar-refractivity contribution in [1.82, 2.24) is 10.2 Å². The summed E-state index contributed by atoms with van der Waals surface area (Å²) in [5.41, 5.74) is 5.85. The van der Waals surface area contributed by atoms with Crippen molar-refractivity contribution in [1.29, 1.82) is 0 Å². The number of nitrogens with two attached hydrogens (primary N) is 1. The molecule has 0 aromatic heterocycles. The molecule has 1 rings (SSSR count). The zero-order valence-corrected chi connectivity index (χ0v) is 12.8. The van der Waals surface area contributed by atoms with E-state index in [9.17, 15) is 4.79 Å². The van der Waals surface area contributed by atoms with Gasteiger partial charge in [-0.05, 0) is 45.7 Å². The van der Waals surface area contributed by atoms with Gasteiger partial charge in [0, 0.05) is 12.1 Å². The first-order valence-electron chi connectivity index (χ1n) is 6.64. The molecule has 0 heterocycles. The van der Waals surface area contributed by atoms with Crippen molar-refractivity contribution in [3.05, 3.63) is 0 Å². The summed E-state index contributed by atoms with van der Waals surface area (Å²) in [6.07, 6.45) is 4.55. The lowest BCUT2D eigenvalue weighted by Crippen LogP contribution is -2.50. The Hall–Kier alpha value is -0.320. The highest BCUT2D eigenvalue weighted by atomic mass is 35.5. The minimum atomic E-state index is -0.380. The molecule has 108 valence electrons. The van der Waals surface area contributed by atoms with Gasteiger partial charge in [0.15, 0.2) is 0 Å². The lowest BCUT2D eigenvalue weighted by molar-refractivity contribution is -0.124. The van der Waals surface area contributed by atoms with E-state index in [0.29, 0.717) is 12.1 Å². The zero-order chi connectivity index (χ0) is 13.0. The van der Waals surface area contributed by atoms with Crippen LogP contribution in [-0.4, -0.2) is 43.0 Å². The minimum absolute atomic E-state index is 0. The molecule has 0 radical (unpaired) electrons. The van der Waals surface area contributed by atoms with Crippen LogP contribution in [0.2, 0.25) is 0 Å². The monoisotopic (exact) mass is 277 g/mol. The lowest BCUT2D eigenvalue weighted by Gasteiger charge is -2.34. The van der Waals surface area contributed by atoms with E-state index < -0.39 is 0 Å². The number of hydrogen-bond acceptors (Lipinski definition) is 3. The fraction of sp³-hybridized carbons (Fsp3) is 0.923. The van der Waals surface area contributed by atoms with Gasteiger partial charge >= 0.3 is 0 Å². The number of carbonyl (C=O) groups excluding carboxylic acids is 1. The highest BCUT2D eigenvalue weighted by molar-refractivity contribution is 5.85. The number of hydrogen-bond donors (Lipinski definition) is 2. The molecule has 0 saturated heterocycles. The van der Waals surface area contributed by atoms with Crippen LogP contribution in [0, 0.1) is 5.92 Å². The number of nitrogens with one attached hydrogen (secondary N) is 1. The highest BCUT2D eigenvalue weighted by Gasteiger charge is 2.26. The third-order valence-corrected chi connectivity index (χ3v) is 3.74. The second kappa shape index (κ2) is 7.97. The van der Waals surface area contributed by atoms with E-state index in [1.165, 1.54) is 12.8 Å². The molecule has 5 heteroatoms. The second-order valence-corrected chi connectivity index (χ2v) is 5.76. The van der Waals surface area contributed by atoms with Gasteiger partial charge in [-0.3, -0.25) is 4.79 Å². The summed E-state index contributed by atoms with van der Waals surface area (Å²) in [6, 6.07) is 0.507. The van der Waals surface area contributed by atoms with Gasteiger partial charge in [-0.1, -0.05) is 13.8 Å². The zero-order valence-electron chi connectivity index (χ0n) is 12.0. The first-order chi connectivity index (χ1) is 7.91. The van der Waals surface area contributed by atoms with Crippen molar-refractivity contribution >= 4 is 18.3 Å². The minimum Gasteiger partial charge on any atom is -0.352 e. The SMILES string of the molecule is CC(C)[C@H](N)C(=O)NC1CCCC(N(C)C)C1.Cl. The normalized spacial score (nSPS) is 25.7. The van der Waals surface area contributed by atoms with Crippen molar-refractivity contribution in [2.75, 3.05) is 14.1 Å². The van der Waals surface area contributed by atoms with Crippen LogP contribution >= 0.6 is 12.4 Å². The lowest BCUT2D eigenvalue weighted by atomic mass is 9.90. The van der Waals surface area contributed by atoms with Crippen LogP contribution in [0.3, 0.4) is 0 Å². The molecule has 0 aromatic carbocycles. The van der Waals surface area contributed by atoms with Gasteiger partial charge in [0.2, 0.25) is 5.91 Å². The largest absolute Gasteiger partial charge is 0.352 e. The van der Waals surface area contributed by atoms with Gasteiger partial charge < -0.3 is 16.0 Å². The Morgan fingerprint density at radius 1 is 1.33 bits per heavy atom. The van der Waals surface area contributed by atoms with Crippen LogP contribution in [0.4, 0.5) is 0 Å². The summed E-state index contributed by atoms with van der Waals surface area (Å²) < 4.78 is 0. The fourth-order valence-corrected chi connectivity index (χ4v) is 2.36. The van der Waals surface area contributed by atoms with Crippen LogP contribution in [0.5, 0.6) is 0 Å². The molecule has 1 amide bonds. The molecule has 3 atom stereocenters. The molecule has 4 nitrogen and oxygen atoms in total. The van der Waals surface area contributed by atoms with Crippen LogP contribution in [0.1, 0.15) is 39.5 Å². The molecular formula is C13H28ClN3O. The molecule has 1 aliphatic rings. The maximum atomic E-state index is 11.9. The Balaban J connectivity index is 0.00000289. The first-order valence-corrected chi connectivity index (χ1v) is 6.64. The third kappa shape index (κ3) is 5.12. The Morgan fingerprint density at radius 3 is 2.44 bits per heavy atom. The number of carbonyl (C=O) groups is 1. The van der Waals surface area contributed by atoms with Gasteiger partial charge in [-0.2, -0.15) is 0 Å². The van der Waals surface area contributed by atoms with Crippen LogP contribution < -0.4 is 11.1 Å². The summed E-state index contributed by atoms with van der Waals surface area (Å²) in [6.45, 7) is 3.96. The van der Waals surface area contributed by atoms with E-state index >= 15 is 0 Å². The molecule has 3 N–H and O–H groups in total.